The number of nitrogens with two attached hydrogens (primary N) is 1. The highest BCUT2D eigenvalue weighted by atomic mass is 16.3. The number of nitrogens with one attached hydrogen (secondary N) is 1. The number of nitrogens with zero attached hydrogens (tertiary/aromatic N) is 2. The van der Waals surface area contributed by atoms with Gasteiger partial charge in [0, 0.05) is 18.2 Å². The summed E-state index contributed by atoms with van der Waals surface area (Å²) in [4.78, 5) is 16.0. The van der Waals surface area contributed by atoms with Gasteiger partial charge in [0.1, 0.15) is 0 Å². The van der Waals surface area contributed by atoms with E-state index in [0.29, 0.717) is 18.5 Å². The van der Waals surface area contributed by atoms with Crippen molar-refractivity contribution in [2.45, 2.75) is 38.5 Å². The van der Waals surface area contributed by atoms with Crippen molar-refractivity contribution in [3.8, 4) is 0 Å². The van der Waals surface area contributed by atoms with Crippen molar-refractivity contribution >= 4 is 16.9 Å². The van der Waals surface area contributed by atoms with Gasteiger partial charge >= 0.3 is 0 Å². The minimum atomic E-state index is -0.623. The standard InChI is InChI=1S/C21H26N4O2/c1-14(2)23-12-20(26)19(10-15-6-4-3-5-7-15)25-13-24-17-9-8-16(21(22)27)11-18(17)25/h3-9,11,13-14,19-20,23,26H,10,12H2,1-2H3,(H2,22,27)/t19-,20+/m0/s1. The average molecular weight is 366 g/mol. The molecular formula is C21H26N4O2. The minimum Gasteiger partial charge on any atom is -0.390 e. The van der Waals surface area contributed by atoms with Crippen molar-refractivity contribution in [3.63, 3.8) is 0 Å². The number of aliphatic hydroxyl groups excluding tert-OH is 1. The van der Waals surface area contributed by atoms with Crippen LogP contribution in [0.2, 0.25) is 0 Å². The van der Waals surface area contributed by atoms with E-state index in [0.717, 1.165) is 16.6 Å². The molecule has 0 bridgehead atoms. The number of carbonyl (C=O) groups excluding carboxylic acids is 1. The van der Waals surface area contributed by atoms with Gasteiger partial charge in [-0.25, -0.2) is 4.98 Å². The Hall–Kier alpha value is -2.70. The molecule has 1 aromatic heterocycles. The highest BCUT2D eigenvalue weighted by Gasteiger charge is 2.23. The van der Waals surface area contributed by atoms with Gasteiger partial charge in [0.25, 0.3) is 0 Å². The zero-order chi connectivity index (χ0) is 19.4. The summed E-state index contributed by atoms with van der Waals surface area (Å²) in [5, 5.41) is 14.2. The molecule has 3 rings (SSSR count). The van der Waals surface area contributed by atoms with Gasteiger partial charge in [-0.3, -0.25) is 4.79 Å². The first-order valence-corrected chi connectivity index (χ1v) is 9.17. The number of primary amides is 1. The van der Waals surface area contributed by atoms with E-state index in [1.165, 1.54) is 0 Å². The third kappa shape index (κ3) is 4.53. The summed E-state index contributed by atoms with van der Waals surface area (Å²) < 4.78 is 1.95. The molecule has 2 atom stereocenters. The topological polar surface area (TPSA) is 93.2 Å². The molecule has 3 aromatic rings. The van der Waals surface area contributed by atoms with Crippen LogP contribution in [0.25, 0.3) is 11.0 Å². The molecule has 0 aliphatic rings. The van der Waals surface area contributed by atoms with Crippen LogP contribution < -0.4 is 11.1 Å². The van der Waals surface area contributed by atoms with Crippen LogP contribution in [0, 0.1) is 0 Å². The predicted octanol–water partition coefficient (Wildman–Crippen LogP) is 2.28. The Bertz CT molecular complexity index is 905. The van der Waals surface area contributed by atoms with Crippen LogP contribution in [-0.2, 0) is 6.42 Å². The van der Waals surface area contributed by atoms with Crippen molar-refractivity contribution in [2.75, 3.05) is 6.54 Å². The summed E-state index contributed by atoms with van der Waals surface area (Å²) in [6.45, 7) is 4.56. The Balaban J connectivity index is 1.99. The smallest absolute Gasteiger partial charge is 0.248 e. The number of aliphatic hydroxyl groups is 1. The molecule has 0 saturated heterocycles. The fraction of sp³-hybridized carbons (Fsp3) is 0.333. The molecule has 4 N–H and O–H groups in total. The molecule has 142 valence electrons. The summed E-state index contributed by atoms with van der Waals surface area (Å²) in [6.07, 6.45) is 1.75. The Labute approximate surface area is 159 Å². The molecular weight excluding hydrogens is 340 g/mol. The van der Waals surface area contributed by atoms with Crippen LogP contribution in [0.15, 0.2) is 54.9 Å². The molecule has 0 radical (unpaired) electrons. The van der Waals surface area contributed by atoms with Crippen LogP contribution in [0.5, 0.6) is 0 Å². The summed E-state index contributed by atoms with van der Waals surface area (Å²) in [6, 6.07) is 15.3. The Morgan fingerprint density at radius 2 is 1.96 bits per heavy atom. The van der Waals surface area contributed by atoms with Gasteiger partial charge in [0.2, 0.25) is 5.91 Å². The number of rotatable bonds is 8. The van der Waals surface area contributed by atoms with Crippen LogP contribution in [0.4, 0.5) is 0 Å². The maximum Gasteiger partial charge on any atom is 0.248 e. The SMILES string of the molecule is CC(C)NC[C@@H](O)[C@H](Cc1ccccc1)n1cnc2ccc(C(N)=O)cc21. The van der Waals surface area contributed by atoms with Gasteiger partial charge in [0.15, 0.2) is 0 Å². The molecule has 0 aliphatic carbocycles. The summed E-state index contributed by atoms with van der Waals surface area (Å²) >= 11 is 0. The van der Waals surface area contributed by atoms with E-state index in [9.17, 15) is 9.90 Å². The molecule has 2 aromatic carbocycles. The van der Waals surface area contributed by atoms with E-state index < -0.39 is 12.0 Å². The number of benzene rings is 2. The molecule has 6 heteroatoms. The monoisotopic (exact) mass is 366 g/mol. The maximum absolute atomic E-state index is 11.6. The second-order valence-corrected chi connectivity index (χ2v) is 7.11. The van der Waals surface area contributed by atoms with E-state index >= 15 is 0 Å². The lowest BCUT2D eigenvalue weighted by Gasteiger charge is -2.26. The third-order valence-corrected chi connectivity index (χ3v) is 4.68. The van der Waals surface area contributed by atoms with E-state index in [-0.39, 0.29) is 12.1 Å². The highest BCUT2D eigenvalue weighted by molar-refractivity contribution is 5.96. The Morgan fingerprint density at radius 1 is 1.22 bits per heavy atom. The molecule has 27 heavy (non-hydrogen) atoms. The Kier molecular flexibility index (Phi) is 5.88. The molecule has 6 nitrogen and oxygen atoms in total. The summed E-state index contributed by atoms with van der Waals surface area (Å²) in [5.41, 5.74) is 8.54. The van der Waals surface area contributed by atoms with Crippen molar-refractivity contribution in [2.24, 2.45) is 5.73 Å². The normalized spacial score (nSPS) is 13.8. The van der Waals surface area contributed by atoms with Gasteiger partial charge in [-0.1, -0.05) is 44.2 Å². The van der Waals surface area contributed by atoms with Crippen molar-refractivity contribution in [1.82, 2.24) is 14.9 Å². The predicted molar refractivity (Wildman–Crippen MR) is 107 cm³/mol. The van der Waals surface area contributed by atoms with Crippen molar-refractivity contribution in [1.29, 1.82) is 0 Å². The average Bonchev–Trinajstić information content (AvgIpc) is 3.08. The Morgan fingerprint density at radius 3 is 2.63 bits per heavy atom. The number of amides is 1. The minimum absolute atomic E-state index is 0.230. The van der Waals surface area contributed by atoms with Crippen molar-refractivity contribution < 1.29 is 9.90 Å². The summed E-state index contributed by atoms with van der Waals surface area (Å²) in [7, 11) is 0. The maximum atomic E-state index is 11.6. The number of fused-ring (bicyclic) bond motifs is 1. The zero-order valence-corrected chi connectivity index (χ0v) is 15.7. The van der Waals surface area contributed by atoms with Gasteiger partial charge < -0.3 is 20.7 Å². The highest BCUT2D eigenvalue weighted by Crippen LogP contribution is 2.25. The number of carbonyl (C=O) groups is 1. The first kappa shape index (κ1) is 19.1. The fourth-order valence-corrected chi connectivity index (χ4v) is 3.21. The molecule has 0 unspecified atom stereocenters. The molecule has 0 saturated carbocycles. The van der Waals surface area contributed by atoms with Crippen molar-refractivity contribution in [3.05, 3.63) is 66.0 Å². The summed E-state index contributed by atoms with van der Waals surface area (Å²) in [5.74, 6) is -0.480. The lowest BCUT2D eigenvalue weighted by molar-refractivity contribution is 0.100. The van der Waals surface area contributed by atoms with Gasteiger partial charge in [0.05, 0.1) is 29.5 Å². The lowest BCUT2D eigenvalue weighted by Crippen LogP contribution is -2.38. The number of aromatic nitrogens is 2. The van der Waals surface area contributed by atoms with E-state index in [1.807, 2.05) is 48.7 Å². The first-order chi connectivity index (χ1) is 13.0. The number of hydrogen-bond acceptors (Lipinski definition) is 4. The number of hydrogen-bond donors (Lipinski definition) is 3. The molecule has 1 heterocycles. The van der Waals surface area contributed by atoms with Gasteiger partial charge in [-0.15, -0.1) is 0 Å². The quantitative estimate of drug-likeness (QED) is 0.570. The van der Waals surface area contributed by atoms with Crippen LogP contribution in [0.1, 0.15) is 35.8 Å². The van der Waals surface area contributed by atoms with E-state index in [2.05, 4.69) is 10.3 Å². The lowest BCUT2D eigenvalue weighted by atomic mass is 10.00. The van der Waals surface area contributed by atoms with Crippen LogP contribution in [-0.4, -0.2) is 39.3 Å². The second-order valence-electron chi connectivity index (χ2n) is 7.11. The molecule has 0 aliphatic heterocycles. The largest absolute Gasteiger partial charge is 0.390 e. The fourth-order valence-electron chi connectivity index (χ4n) is 3.21. The third-order valence-electron chi connectivity index (χ3n) is 4.68. The second kappa shape index (κ2) is 8.33. The van der Waals surface area contributed by atoms with E-state index in [4.69, 9.17) is 5.73 Å². The zero-order valence-electron chi connectivity index (χ0n) is 15.7. The van der Waals surface area contributed by atoms with Gasteiger partial charge in [-0.2, -0.15) is 0 Å². The molecule has 1 amide bonds. The van der Waals surface area contributed by atoms with Gasteiger partial charge in [-0.05, 0) is 30.2 Å². The van der Waals surface area contributed by atoms with E-state index in [1.54, 1.807) is 24.5 Å². The van der Waals surface area contributed by atoms with Crippen LogP contribution >= 0.6 is 0 Å². The first-order valence-electron chi connectivity index (χ1n) is 9.17. The molecule has 0 fully saturated rings. The molecule has 0 spiro atoms. The number of imidazole rings is 1. The van der Waals surface area contributed by atoms with Crippen LogP contribution in [0.3, 0.4) is 0 Å².